The first-order chi connectivity index (χ1) is 12.7. The number of amides is 1. The fourth-order valence-corrected chi connectivity index (χ4v) is 3.38. The Labute approximate surface area is 153 Å². The lowest BCUT2D eigenvalue weighted by Crippen LogP contribution is -2.31. The van der Waals surface area contributed by atoms with Gasteiger partial charge >= 0.3 is 0 Å². The Bertz CT molecular complexity index is 793. The van der Waals surface area contributed by atoms with Crippen molar-refractivity contribution >= 4 is 5.91 Å². The third kappa shape index (κ3) is 4.71. The molecule has 1 amide bonds. The summed E-state index contributed by atoms with van der Waals surface area (Å²) in [6.07, 6.45) is 6.92. The second-order valence-electron chi connectivity index (χ2n) is 6.74. The number of benzene rings is 1. The molecule has 2 aromatic rings. The maximum atomic E-state index is 12.3. The molecule has 6 heteroatoms. The van der Waals surface area contributed by atoms with E-state index in [0.717, 1.165) is 24.2 Å². The van der Waals surface area contributed by atoms with Crippen LogP contribution in [0.2, 0.25) is 0 Å². The molecule has 0 unspecified atom stereocenters. The molecule has 1 saturated carbocycles. The summed E-state index contributed by atoms with van der Waals surface area (Å²) in [5.74, 6) is 1.37. The second kappa shape index (κ2) is 8.65. The van der Waals surface area contributed by atoms with Crippen LogP contribution in [-0.2, 0) is 11.3 Å². The van der Waals surface area contributed by atoms with Gasteiger partial charge in [-0.05, 0) is 43.0 Å². The summed E-state index contributed by atoms with van der Waals surface area (Å²) in [6, 6.07) is 8.93. The Balaban J connectivity index is 1.54. The molecule has 0 saturated heterocycles. The topological polar surface area (TPSA) is 73.2 Å². The van der Waals surface area contributed by atoms with Gasteiger partial charge in [0, 0.05) is 31.1 Å². The highest BCUT2D eigenvalue weighted by atomic mass is 16.5. The van der Waals surface area contributed by atoms with Gasteiger partial charge in [-0.15, -0.1) is 0 Å². The molecule has 1 N–H and O–H groups in total. The van der Waals surface area contributed by atoms with Gasteiger partial charge in [0.15, 0.2) is 0 Å². The van der Waals surface area contributed by atoms with Gasteiger partial charge in [0.25, 0.3) is 5.56 Å². The SMILES string of the molecule is COc1ccc(-c2cc(=O)n(CCNC(=O)CC3CCCC3)cn2)cc1. The van der Waals surface area contributed by atoms with Gasteiger partial charge in [-0.2, -0.15) is 0 Å². The van der Waals surface area contributed by atoms with Crippen molar-refractivity contribution < 1.29 is 9.53 Å². The van der Waals surface area contributed by atoms with Crippen molar-refractivity contribution in [3.05, 3.63) is 47.0 Å². The normalized spacial score (nSPS) is 14.3. The first-order valence-corrected chi connectivity index (χ1v) is 9.13. The standard InChI is InChI=1S/C20H25N3O3/c1-26-17-8-6-16(7-9-17)18-13-20(25)23(14-22-18)11-10-21-19(24)12-15-4-2-3-5-15/h6-9,13-15H,2-5,10-12H2,1H3,(H,21,24). The summed E-state index contributed by atoms with van der Waals surface area (Å²) in [4.78, 5) is 28.6. The van der Waals surface area contributed by atoms with Gasteiger partial charge in [-0.25, -0.2) is 4.98 Å². The number of hydrogen-bond acceptors (Lipinski definition) is 4. The van der Waals surface area contributed by atoms with E-state index in [4.69, 9.17) is 4.74 Å². The van der Waals surface area contributed by atoms with Crippen molar-refractivity contribution in [3.8, 4) is 17.0 Å². The van der Waals surface area contributed by atoms with Crippen LogP contribution in [0.1, 0.15) is 32.1 Å². The number of nitrogens with one attached hydrogen (secondary N) is 1. The largest absolute Gasteiger partial charge is 0.497 e. The molecular formula is C20H25N3O3. The van der Waals surface area contributed by atoms with Crippen LogP contribution in [0, 0.1) is 5.92 Å². The number of rotatable bonds is 7. The molecule has 1 fully saturated rings. The summed E-state index contributed by atoms with van der Waals surface area (Å²) in [5.41, 5.74) is 1.36. The average molecular weight is 355 g/mol. The maximum absolute atomic E-state index is 12.3. The molecule has 138 valence electrons. The predicted octanol–water partition coefficient (Wildman–Crippen LogP) is 2.62. The number of ether oxygens (including phenoxy) is 1. The minimum absolute atomic E-state index is 0.0766. The van der Waals surface area contributed by atoms with E-state index in [1.165, 1.54) is 29.8 Å². The Kier molecular flexibility index (Phi) is 6.04. The number of hydrogen-bond donors (Lipinski definition) is 1. The lowest BCUT2D eigenvalue weighted by atomic mass is 10.0. The highest BCUT2D eigenvalue weighted by molar-refractivity contribution is 5.76. The summed E-state index contributed by atoms with van der Waals surface area (Å²) < 4.78 is 6.65. The Hall–Kier alpha value is -2.63. The van der Waals surface area contributed by atoms with Gasteiger partial charge in [-0.3, -0.25) is 14.2 Å². The number of aromatic nitrogens is 2. The fraction of sp³-hybridized carbons (Fsp3) is 0.450. The number of carbonyl (C=O) groups excluding carboxylic acids is 1. The van der Waals surface area contributed by atoms with E-state index in [1.807, 2.05) is 24.3 Å². The first kappa shape index (κ1) is 18.2. The smallest absolute Gasteiger partial charge is 0.253 e. The van der Waals surface area contributed by atoms with Gasteiger partial charge in [0.2, 0.25) is 5.91 Å². The monoisotopic (exact) mass is 355 g/mol. The van der Waals surface area contributed by atoms with E-state index in [0.29, 0.717) is 31.1 Å². The third-order valence-corrected chi connectivity index (χ3v) is 4.89. The minimum Gasteiger partial charge on any atom is -0.497 e. The van der Waals surface area contributed by atoms with Crippen LogP contribution in [0.4, 0.5) is 0 Å². The van der Waals surface area contributed by atoms with Gasteiger partial charge < -0.3 is 10.1 Å². The van der Waals surface area contributed by atoms with Crippen molar-refractivity contribution in [1.82, 2.24) is 14.9 Å². The fourth-order valence-electron chi connectivity index (χ4n) is 3.38. The zero-order chi connectivity index (χ0) is 18.4. The number of carbonyl (C=O) groups is 1. The van der Waals surface area contributed by atoms with Gasteiger partial charge in [0.05, 0.1) is 19.1 Å². The van der Waals surface area contributed by atoms with E-state index >= 15 is 0 Å². The molecule has 0 aliphatic heterocycles. The van der Waals surface area contributed by atoms with Crippen LogP contribution in [0.15, 0.2) is 41.5 Å². The lowest BCUT2D eigenvalue weighted by Gasteiger charge is -2.11. The lowest BCUT2D eigenvalue weighted by molar-refractivity contribution is -0.122. The van der Waals surface area contributed by atoms with Crippen LogP contribution < -0.4 is 15.6 Å². The first-order valence-electron chi connectivity index (χ1n) is 9.13. The Morgan fingerprint density at radius 1 is 1.27 bits per heavy atom. The average Bonchev–Trinajstić information content (AvgIpc) is 3.16. The van der Waals surface area contributed by atoms with Crippen molar-refractivity contribution in [2.75, 3.05) is 13.7 Å². The zero-order valence-electron chi connectivity index (χ0n) is 15.1. The van der Waals surface area contributed by atoms with Crippen molar-refractivity contribution in [2.24, 2.45) is 5.92 Å². The van der Waals surface area contributed by atoms with Crippen molar-refractivity contribution in [2.45, 2.75) is 38.6 Å². The third-order valence-electron chi connectivity index (χ3n) is 4.89. The molecule has 1 aromatic heterocycles. The van der Waals surface area contributed by atoms with E-state index in [-0.39, 0.29) is 11.5 Å². The molecule has 1 aromatic carbocycles. The molecule has 6 nitrogen and oxygen atoms in total. The molecule has 26 heavy (non-hydrogen) atoms. The van der Waals surface area contributed by atoms with Crippen molar-refractivity contribution in [1.29, 1.82) is 0 Å². The van der Waals surface area contributed by atoms with Crippen LogP contribution in [-0.4, -0.2) is 29.1 Å². The number of nitrogens with zero attached hydrogens (tertiary/aromatic N) is 2. The van der Waals surface area contributed by atoms with E-state index < -0.39 is 0 Å². The van der Waals surface area contributed by atoms with Gasteiger partial charge in [0.1, 0.15) is 5.75 Å². The molecule has 0 radical (unpaired) electrons. The summed E-state index contributed by atoms with van der Waals surface area (Å²) >= 11 is 0. The molecule has 3 rings (SSSR count). The summed E-state index contributed by atoms with van der Waals surface area (Å²) in [6.45, 7) is 0.861. The summed E-state index contributed by atoms with van der Waals surface area (Å²) in [7, 11) is 1.61. The Morgan fingerprint density at radius 2 is 2.00 bits per heavy atom. The van der Waals surface area contributed by atoms with E-state index in [2.05, 4.69) is 10.3 Å². The summed E-state index contributed by atoms with van der Waals surface area (Å²) in [5, 5.41) is 2.90. The van der Waals surface area contributed by atoms with E-state index in [1.54, 1.807) is 7.11 Å². The quantitative estimate of drug-likeness (QED) is 0.829. The van der Waals surface area contributed by atoms with Crippen LogP contribution in [0.5, 0.6) is 5.75 Å². The second-order valence-corrected chi connectivity index (χ2v) is 6.74. The van der Waals surface area contributed by atoms with E-state index in [9.17, 15) is 9.59 Å². The van der Waals surface area contributed by atoms with Crippen LogP contribution >= 0.6 is 0 Å². The molecule has 1 heterocycles. The highest BCUT2D eigenvalue weighted by Gasteiger charge is 2.18. The maximum Gasteiger partial charge on any atom is 0.253 e. The molecular weight excluding hydrogens is 330 g/mol. The molecule has 1 aliphatic carbocycles. The van der Waals surface area contributed by atoms with Crippen LogP contribution in [0.3, 0.4) is 0 Å². The van der Waals surface area contributed by atoms with Crippen molar-refractivity contribution in [3.63, 3.8) is 0 Å². The van der Waals surface area contributed by atoms with Gasteiger partial charge in [-0.1, -0.05) is 12.8 Å². The molecule has 0 atom stereocenters. The minimum atomic E-state index is -0.129. The zero-order valence-corrected chi connectivity index (χ0v) is 15.1. The Morgan fingerprint density at radius 3 is 2.65 bits per heavy atom. The number of methoxy groups -OCH3 is 1. The van der Waals surface area contributed by atoms with Crippen LogP contribution in [0.25, 0.3) is 11.3 Å². The molecule has 0 spiro atoms. The predicted molar refractivity (Wildman–Crippen MR) is 100 cm³/mol. The molecule has 1 aliphatic rings. The molecule has 0 bridgehead atoms. The highest BCUT2D eigenvalue weighted by Crippen LogP contribution is 2.27.